The molecule has 0 spiro atoms. The van der Waals surface area contributed by atoms with Gasteiger partial charge in [-0.1, -0.05) is 0 Å². The van der Waals surface area contributed by atoms with Crippen molar-refractivity contribution in [1.29, 1.82) is 0 Å². The van der Waals surface area contributed by atoms with Gasteiger partial charge in [0, 0.05) is 6.42 Å². The fourth-order valence-electron chi connectivity index (χ4n) is 1.01. The SMILES string of the molecule is CC(C)(C)OC(=O)N[C@H]1CCC1=O. The van der Waals surface area contributed by atoms with Crippen LogP contribution in [0.3, 0.4) is 0 Å². The lowest BCUT2D eigenvalue weighted by atomic mass is 9.91. The van der Waals surface area contributed by atoms with Crippen molar-refractivity contribution in [2.45, 2.75) is 45.3 Å². The molecule has 0 saturated heterocycles. The van der Waals surface area contributed by atoms with Crippen molar-refractivity contribution in [3.8, 4) is 0 Å². The molecule has 1 aliphatic rings. The molecule has 0 aliphatic heterocycles. The monoisotopic (exact) mass is 185 g/mol. The Kier molecular flexibility index (Phi) is 2.59. The van der Waals surface area contributed by atoms with Crippen LogP contribution in [0.25, 0.3) is 0 Å². The Balaban J connectivity index is 2.29. The Morgan fingerprint density at radius 2 is 2.15 bits per heavy atom. The van der Waals surface area contributed by atoms with Gasteiger partial charge in [0.2, 0.25) is 0 Å². The van der Waals surface area contributed by atoms with Gasteiger partial charge < -0.3 is 10.1 Å². The summed E-state index contributed by atoms with van der Waals surface area (Å²) in [5.41, 5.74) is -0.503. The van der Waals surface area contributed by atoms with Crippen molar-refractivity contribution in [2.75, 3.05) is 0 Å². The summed E-state index contributed by atoms with van der Waals surface area (Å²) in [6.45, 7) is 5.36. The van der Waals surface area contributed by atoms with Crippen molar-refractivity contribution >= 4 is 11.9 Å². The standard InChI is InChI=1S/C9H15NO3/c1-9(2,3)13-8(12)10-6-4-5-7(6)11/h6H,4-5H2,1-3H3,(H,10,12)/t6-/m0/s1. The number of carbonyl (C=O) groups is 2. The molecular formula is C9H15NO3. The van der Waals surface area contributed by atoms with E-state index in [1.165, 1.54) is 0 Å². The summed E-state index contributed by atoms with van der Waals surface area (Å²) in [5.74, 6) is 0.0888. The van der Waals surface area contributed by atoms with E-state index in [-0.39, 0.29) is 11.8 Å². The van der Waals surface area contributed by atoms with Crippen molar-refractivity contribution < 1.29 is 14.3 Å². The lowest BCUT2D eigenvalue weighted by Gasteiger charge is -2.27. The molecule has 0 unspecified atom stereocenters. The topological polar surface area (TPSA) is 55.4 Å². The second kappa shape index (κ2) is 3.36. The number of hydrogen-bond donors (Lipinski definition) is 1. The summed E-state index contributed by atoms with van der Waals surface area (Å²) < 4.78 is 4.99. The van der Waals surface area contributed by atoms with E-state index in [9.17, 15) is 9.59 Å². The number of ether oxygens (including phenoxy) is 1. The van der Waals surface area contributed by atoms with Gasteiger partial charge in [0.25, 0.3) is 0 Å². The van der Waals surface area contributed by atoms with E-state index in [2.05, 4.69) is 5.32 Å². The van der Waals surface area contributed by atoms with E-state index in [0.29, 0.717) is 6.42 Å². The van der Waals surface area contributed by atoms with Crippen LogP contribution in [-0.4, -0.2) is 23.5 Å². The van der Waals surface area contributed by atoms with Crippen LogP contribution in [0.2, 0.25) is 0 Å². The van der Waals surface area contributed by atoms with E-state index in [1.54, 1.807) is 20.8 Å². The lowest BCUT2D eigenvalue weighted by molar-refractivity contribution is -0.126. The van der Waals surface area contributed by atoms with Gasteiger partial charge in [-0.05, 0) is 27.2 Å². The minimum absolute atomic E-state index is 0.0888. The number of Topliss-reactive ketones (excluding diaryl/α,β-unsaturated/α-hetero) is 1. The summed E-state index contributed by atoms with van der Waals surface area (Å²) in [6, 6.07) is -0.310. The maximum Gasteiger partial charge on any atom is 0.408 e. The van der Waals surface area contributed by atoms with Crippen molar-refractivity contribution in [2.24, 2.45) is 0 Å². The second-order valence-corrected chi connectivity index (χ2v) is 4.20. The molecular weight excluding hydrogens is 170 g/mol. The number of nitrogens with one attached hydrogen (secondary N) is 1. The zero-order chi connectivity index (χ0) is 10.1. The summed E-state index contributed by atoms with van der Waals surface area (Å²) in [5, 5.41) is 2.51. The van der Waals surface area contributed by atoms with Gasteiger partial charge in [0.1, 0.15) is 5.60 Å². The highest BCUT2D eigenvalue weighted by Gasteiger charge is 2.30. The minimum Gasteiger partial charge on any atom is -0.444 e. The summed E-state index contributed by atoms with van der Waals surface area (Å²) in [4.78, 5) is 22.0. The van der Waals surface area contributed by atoms with Gasteiger partial charge in [-0.25, -0.2) is 4.79 Å². The first kappa shape index (κ1) is 10.0. The number of rotatable bonds is 1. The first-order valence-electron chi connectivity index (χ1n) is 4.41. The van der Waals surface area contributed by atoms with E-state index < -0.39 is 11.7 Å². The highest BCUT2D eigenvalue weighted by molar-refractivity contribution is 5.92. The van der Waals surface area contributed by atoms with Gasteiger partial charge >= 0.3 is 6.09 Å². The Bertz CT molecular complexity index is 230. The molecule has 1 aliphatic carbocycles. The Labute approximate surface area is 77.6 Å². The zero-order valence-corrected chi connectivity index (χ0v) is 8.22. The molecule has 1 atom stereocenters. The number of amides is 1. The molecule has 0 radical (unpaired) electrons. The fraction of sp³-hybridized carbons (Fsp3) is 0.778. The average molecular weight is 185 g/mol. The molecule has 74 valence electrons. The van der Waals surface area contributed by atoms with Gasteiger partial charge in [-0.3, -0.25) is 4.79 Å². The smallest absolute Gasteiger partial charge is 0.408 e. The maximum absolute atomic E-state index is 11.1. The van der Waals surface area contributed by atoms with Crippen LogP contribution in [0, 0.1) is 0 Å². The maximum atomic E-state index is 11.1. The molecule has 1 fully saturated rings. The second-order valence-electron chi connectivity index (χ2n) is 4.20. The third-order valence-corrected chi connectivity index (χ3v) is 1.76. The summed E-state index contributed by atoms with van der Waals surface area (Å²) >= 11 is 0. The molecule has 0 aromatic heterocycles. The van der Waals surface area contributed by atoms with Crippen LogP contribution >= 0.6 is 0 Å². The first-order valence-corrected chi connectivity index (χ1v) is 4.41. The Morgan fingerprint density at radius 1 is 1.54 bits per heavy atom. The van der Waals surface area contributed by atoms with Gasteiger partial charge in [-0.2, -0.15) is 0 Å². The molecule has 0 aromatic carbocycles. The van der Waals surface area contributed by atoms with Crippen LogP contribution < -0.4 is 5.32 Å². The van der Waals surface area contributed by atoms with Crippen LogP contribution in [0.4, 0.5) is 4.79 Å². The van der Waals surface area contributed by atoms with E-state index in [4.69, 9.17) is 4.74 Å². The number of carbonyl (C=O) groups excluding carboxylic acids is 2. The molecule has 0 aromatic rings. The summed E-state index contributed by atoms with van der Waals surface area (Å²) in [6.07, 6.45) is 0.795. The van der Waals surface area contributed by atoms with E-state index >= 15 is 0 Å². The van der Waals surface area contributed by atoms with Gasteiger partial charge in [0.05, 0.1) is 6.04 Å². The van der Waals surface area contributed by atoms with Crippen LogP contribution in [0.15, 0.2) is 0 Å². The largest absolute Gasteiger partial charge is 0.444 e. The summed E-state index contributed by atoms with van der Waals surface area (Å²) in [7, 11) is 0. The predicted molar refractivity (Wildman–Crippen MR) is 47.4 cm³/mol. The van der Waals surface area contributed by atoms with Crippen LogP contribution in [0.1, 0.15) is 33.6 Å². The average Bonchev–Trinajstić information content (AvgIpc) is 1.94. The van der Waals surface area contributed by atoms with Crippen LogP contribution in [-0.2, 0) is 9.53 Å². The number of ketones is 1. The third kappa shape index (κ3) is 3.05. The Hall–Kier alpha value is -1.06. The highest BCUT2D eigenvalue weighted by atomic mass is 16.6. The highest BCUT2D eigenvalue weighted by Crippen LogP contribution is 2.15. The quantitative estimate of drug-likeness (QED) is 0.668. The molecule has 4 heteroatoms. The van der Waals surface area contributed by atoms with Crippen molar-refractivity contribution in [3.05, 3.63) is 0 Å². The lowest BCUT2D eigenvalue weighted by Crippen LogP contribution is -2.48. The molecule has 1 N–H and O–H groups in total. The fourth-order valence-corrected chi connectivity index (χ4v) is 1.01. The first-order chi connectivity index (χ1) is 5.88. The minimum atomic E-state index is -0.509. The van der Waals surface area contributed by atoms with Gasteiger partial charge in [0.15, 0.2) is 5.78 Å². The molecule has 4 nitrogen and oxygen atoms in total. The van der Waals surface area contributed by atoms with Crippen LogP contribution in [0.5, 0.6) is 0 Å². The molecule has 0 bridgehead atoms. The molecule has 1 saturated carbocycles. The molecule has 13 heavy (non-hydrogen) atoms. The molecule has 0 heterocycles. The third-order valence-electron chi connectivity index (χ3n) is 1.76. The molecule has 1 amide bonds. The van der Waals surface area contributed by atoms with Crippen molar-refractivity contribution in [1.82, 2.24) is 5.32 Å². The number of hydrogen-bond acceptors (Lipinski definition) is 3. The normalized spacial score (nSPS) is 22.1. The van der Waals surface area contributed by atoms with E-state index in [0.717, 1.165) is 6.42 Å². The molecule has 1 rings (SSSR count). The number of alkyl carbamates (subject to hydrolysis) is 1. The predicted octanol–water partition coefficient (Wildman–Crippen LogP) is 1.24. The zero-order valence-electron chi connectivity index (χ0n) is 8.22. The Morgan fingerprint density at radius 3 is 2.46 bits per heavy atom. The van der Waals surface area contributed by atoms with Crippen molar-refractivity contribution in [3.63, 3.8) is 0 Å². The van der Waals surface area contributed by atoms with E-state index in [1.807, 2.05) is 0 Å². The van der Waals surface area contributed by atoms with Gasteiger partial charge in [-0.15, -0.1) is 0 Å².